The Morgan fingerprint density at radius 3 is 2.38 bits per heavy atom. The highest BCUT2D eigenvalue weighted by Gasteiger charge is 2.37. The quantitative estimate of drug-likeness (QED) is 0.895. The average Bonchev–Trinajstić information content (AvgIpc) is 2.72. The number of anilines is 1. The van der Waals surface area contributed by atoms with Crippen molar-refractivity contribution in [2.45, 2.75) is 58.0 Å². The van der Waals surface area contributed by atoms with Gasteiger partial charge in [-0.25, -0.2) is 4.98 Å². The molecule has 0 radical (unpaired) electrons. The van der Waals surface area contributed by atoms with Crippen LogP contribution in [0, 0.1) is 6.92 Å². The summed E-state index contributed by atoms with van der Waals surface area (Å²) in [6.07, 6.45) is 7.08. The summed E-state index contributed by atoms with van der Waals surface area (Å²) in [4.78, 5) is 6.92. The van der Waals surface area contributed by atoms with Crippen LogP contribution in [0.1, 0.15) is 56.7 Å². The summed E-state index contributed by atoms with van der Waals surface area (Å²) in [6, 6.07) is 2.23. The number of hydrogen-bond acceptors (Lipinski definition) is 4. The van der Waals surface area contributed by atoms with Crippen molar-refractivity contribution in [2.75, 3.05) is 25.9 Å². The molecular weight excluding hydrogens is 260 g/mol. The first-order valence-corrected chi connectivity index (χ1v) is 8.11. The van der Waals surface area contributed by atoms with Gasteiger partial charge in [-0.2, -0.15) is 0 Å². The van der Waals surface area contributed by atoms with Crippen molar-refractivity contribution in [2.24, 2.45) is 0 Å². The number of nitrogens with zero attached hydrogens (tertiary/aromatic N) is 2. The molecule has 0 saturated carbocycles. The molecule has 3 N–H and O–H groups in total. The zero-order chi connectivity index (χ0) is 15.5. The highest BCUT2D eigenvalue weighted by Crippen LogP contribution is 2.36. The molecule has 2 heterocycles. The topological polar surface area (TPSA) is 54.2 Å². The van der Waals surface area contributed by atoms with Gasteiger partial charge < -0.3 is 11.1 Å². The van der Waals surface area contributed by atoms with E-state index in [0.717, 1.165) is 5.56 Å². The van der Waals surface area contributed by atoms with E-state index in [1.807, 2.05) is 7.05 Å². The largest absolute Gasteiger partial charge is 0.383 e. The van der Waals surface area contributed by atoms with Crippen LogP contribution < -0.4 is 11.1 Å². The van der Waals surface area contributed by atoms with Crippen molar-refractivity contribution >= 4 is 5.82 Å². The Hall–Kier alpha value is -1.13. The summed E-state index contributed by atoms with van der Waals surface area (Å²) in [7, 11) is 2.02. The molecule has 1 aromatic heterocycles. The lowest BCUT2D eigenvalue weighted by Crippen LogP contribution is -2.52. The first-order valence-electron chi connectivity index (χ1n) is 8.11. The van der Waals surface area contributed by atoms with Crippen molar-refractivity contribution in [3.05, 3.63) is 23.4 Å². The molecule has 1 fully saturated rings. The minimum absolute atomic E-state index is 0.0149. The number of nitrogen functional groups attached to an aromatic ring is 1. The van der Waals surface area contributed by atoms with Gasteiger partial charge in [0, 0.05) is 17.3 Å². The smallest absolute Gasteiger partial charge is 0.128 e. The van der Waals surface area contributed by atoms with E-state index in [1.54, 1.807) is 6.20 Å². The molecular formula is C17H30N4. The molecule has 1 atom stereocenters. The summed E-state index contributed by atoms with van der Waals surface area (Å²) in [5.74, 6) is 0.650. The maximum atomic E-state index is 6.19. The van der Waals surface area contributed by atoms with Crippen molar-refractivity contribution in [3.8, 4) is 0 Å². The van der Waals surface area contributed by atoms with Crippen LogP contribution >= 0.6 is 0 Å². The molecule has 1 aliphatic rings. The maximum Gasteiger partial charge on any atom is 0.128 e. The van der Waals surface area contributed by atoms with Gasteiger partial charge in [0.05, 0.1) is 6.04 Å². The molecule has 0 spiro atoms. The van der Waals surface area contributed by atoms with Gasteiger partial charge in [0.2, 0.25) is 0 Å². The van der Waals surface area contributed by atoms with Crippen molar-refractivity contribution in [1.29, 1.82) is 0 Å². The fourth-order valence-electron chi connectivity index (χ4n) is 3.65. The van der Waals surface area contributed by atoms with Crippen LogP contribution in [0.5, 0.6) is 0 Å². The van der Waals surface area contributed by atoms with Crippen molar-refractivity contribution in [1.82, 2.24) is 15.2 Å². The monoisotopic (exact) mass is 290 g/mol. The fraction of sp³-hybridized carbons (Fsp3) is 0.706. The van der Waals surface area contributed by atoms with E-state index in [1.165, 1.54) is 44.3 Å². The van der Waals surface area contributed by atoms with Gasteiger partial charge in [0.15, 0.2) is 0 Å². The molecule has 0 aromatic carbocycles. The van der Waals surface area contributed by atoms with Gasteiger partial charge in [0.25, 0.3) is 0 Å². The van der Waals surface area contributed by atoms with E-state index in [9.17, 15) is 0 Å². The molecule has 2 rings (SSSR count). The second-order valence-electron chi connectivity index (χ2n) is 6.70. The number of aryl methyl sites for hydroxylation is 1. The molecule has 1 saturated heterocycles. The average molecular weight is 290 g/mol. The van der Waals surface area contributed by atoms with Crippen molar-refractivity contribution < 1.29 is 0 Å². The Balaban J connectivity index is 2.34. The zero-order valence-electron chi connectivity index (χ0n) is 13.9. The van der Waals surface area contributed by atoms with Gasteiger partial charge >= 0.3 is 0 Å². The molecule has 0 amide bonds. The van der Waals surface area contributed by atoms with Gasteiger partial charge in [-0.15, -0.1) is 0 Å². The molecule has 4 nitrogen and oxygen atoms in total. The summed E-state index contributed by atoms with van der Waals surface area (Å²) < 4.78 is 0. The molecule has 1 aliphatic heterocycles. The van der Waals surface area contributed by atoms with Crippen LogP contribution in [0.4, 0.5) is 5.82 Å². The second kappa shape index (κ2) is 6.75. The Labute approximate surface area is 129 Å². The van der Waals surface area contributed by atoms with Crippen LogP contribution in [-0.2, 0) is 0 Å². The van der Waals surface area contributed by atoms with Crippen LogP contribution in [0.2, 0.25) is 0 Å². The van der Waals surface area contributed by atoms with Crippen LogP contribution in [0.3, 0.4) is 0 Å². The highest BCUT2D eigenvalue weighted by molar-refractivity contribution is 5.47. The Morgan fingerprint density at radius 1 is 1.24 bits per heavy atom. The van der Waals surface area contributed by atoms with E-state index in [-0.39, 0.29) is 11.6 Å². The van der Waals surface area contributed by atoms with E-state index in [2.05, 4.69) is 42.0 Å². The molecule has 4 heteroatoms. The Bertz CT molecular complexity index is 442. The van der Waals surface area contributed by atoms with E-state index in [4.69, 9.17) is 5.73 Å². The molecule has 118 valence electrons. The van der Waals surface area contributed by atoms with Gasteiger partial charge in [-0.05, 0) is 65.4 Å². The number of hydrogen-bond donors (Lipinski definition) is 2. The number of nitrogens with two attached hydrogens (primary N) is 1. The number of likely N-dealkylation sites (tertiary alicyclic amines) is 1. The molecule has 21 heavy (non-hydrogen) atoms. The van der Waals surface area contributed by atoms with E-state index < -0.39 is 0 Å². The normalized spacial score (nSPS) is 19.2. The van der Waals surface area contributed by atoms with Gasteiger partial charge in [-0.3, -0.25) is 4.90 Å². The second-order valence-corrected chi connectivity index (χ2v) is 6.70. The van der Waals surface area contributed by atoms with Gasteiger partial charge in [-0.1, -0.05) is 12.8 Å². The van der Waals surface area contributed by atoms with Crippen LogP contribution in [0.15, 0.2) is 12.3 Å². The number of pyridine rings is 1. The predicted octanol–water partition coefficient (Wildman–Crippen LogP) is 2.89. The predicted molar refractivity (Wildman–Crippen MR) is 89.3 cm³/mol. The highest BCUT2D eigenvalue weighted by atomic mass is 15.2. The lowest BCUT2D eigenvalue weighted by atomic mass is 9.85. The lowest BCUT2D eigenvalue weighted by Gasteiger charge is -2.44. The minimum Gasteiger partial charge on any atom is -0.383 e. The van der Waals surface area contributed by atoms with E-state index >= 15 is 0 Å². The number of nitrogens with one attached hydrogen (secondary N) is 1. The molecule has 0 bridgehead atoms. The molecule has 0 aliphatic carbocycles. The van der Waals surface area contributed by atoms with Gasteiger partial charge in [0.1, 0.15) is 5.82 Å². The third kappa shape index (κ3) is 3.38. The van der Waals surface area contributed by atoms with Crippen LogP contribution in [0.25, 0.3) is 0 Å². The first kappa shape index (κ1) is 16.2. The fourth-order valence-corrected chi connectivity index (χ4v) is 3.65. The molecule has 1 aromatic rings. The van der Waals surface area contributed by atoms with Crippen LogP contribution in [-0.4, -0.2) is 35.6 Å². The first-order chi connectivity index (χ1) is 9.98. The summed E-state index contributed by atoms with van der Waals surface area (Å²) in [5, 5.41) is 3.50. The third-order valence-corrected chi connectivity index (χ3v) is 4.94. The number of rotatable bonds is 4. The SMILES string of the molecule is CNC(c1c(C)ccnc1N)C(C)(C)N1CCCCCC1. The summed E-state index contributed by atoms with van der Waals surface area (Å²) >= 11 is 0. The Kier molecular flexibility index (Phi) is 5.22. The summed E-state index contributed by atoms with van der Waals surface area (Å²) in [6.45, 7) is 9.11. The maximum absolute atomic E-state index is 6.19. The lowest BCUT2D eigenvalue weighted by molar-refractivity contribution is 0.0863. The standard InChI is InChI=1S/C17H30N4/c1-13-9-10-20-16(18)14(13)15(19-4)17(2,3)21-11-7-5-6-8-12-21/h9-10,15,19H,5-8,11-12H2,1-4H3,(H2,18,20). The number of aromatic nitrogens is 1. The summed E-state index contributed by atoms with van der Waals surface area (Å²) in [5.41, 5.74) is 8.56. The minimum atomic E-state index is 0.0149. The number of likely N-dealkylation sites (N-methyl/N-ethyl adjacent to an activating group) is 1. The van der Waals surface area contributed by atoms with Crippen molar-refractivity contribution in [3.63, 3.8) is 0 Å². The Morgan fingerprint density at radius 2 is 1.86 bits per heavy atom. The molecule has 1 unspecified atom stereocenters. The third-order valence-electron chi connectivity index (χ3n) is 4.94. The zero-order valence-corrected chi connectivity index (χ0v) is 13.9. The van der Waals surface area contributed by atoms with E-state index in [0.29, 0.717) is 5.82 Å².